The van der Waals surface area contributed by atoms with Crippen LogP contribution in [0, 0.1) is 0 Å². The first-order valence-corrected chi connectivity index (χ1v) is 15.0. The number of pyridine rings is 1. The number of hydrogen-bond acceptors (Lipinski definition) is 7. The summed E-state index contributed by atoms with van der Waals surface area (Å²) in [5, 5.41) is 13.7. The molecule has 1 aromatic heterocycles. The minimum atomic E-state index is -0.803. The summed E-state index contributed by atoms with van der Waals surface area (Å²) < 4.78 is 6.54. The lowest BCUT2D eigenvalue weighted by Crippen LogP contribution is -2.44. The van der Waals surface area contributed by atoms with Crippen molar-refractivity contribution < 1.29 is 14.6 Å². The number of likely N-dealkylation sites (tertiary alicyclic amines) is 1. The zero-order valence-corrected chi connectivity index (χ0v) is 24.6. The molecule has 9 nitrogen and oxygen atoms in total. The molecule has 0 radical (unpaired) electrons. The molecule has 1 fully saturated rings. The van der Waals surface area contributed by atoms with Gasteiger partial charge in [-0.25, -0.2) is 0 Å². The van der Waals surface area contributed by atoms with Crippen molar-refractivity contribution in [3.8, 4) is 5.75 Å². The molecule has 6 rings (SSSR count). The number of benzene rings is 2. The quantitative estimate of drug-likeness (QED) is 0.333. The van der Waals surface area contributed by atoms with E-state index in [4.69, 9.17) is 9.73 Å². The van der Waals surface area contributed by atoms with E-state index in [1.807, 2.05) is 35.2 Å². The van der Waals surface area contributed by atoms with Crippen LogP contribution >= 0.6 is 15.9 Å². The summed E-state index contributed by atoms with van der Waals surface area (Å²) in [4.78, 5) is 38.4. The molecule has 0 bridgehead atoms. The second kappa shape index (κ2) is 11.8. The average molecular weight is 621 g/mol. The Balaban J connectivity index is 1.15. The van der Waals surface area contributed by atoms with Crippen molar-refractivity contribution in [2.45, 2.75) is 44.9 Å². The van der Waals surface area contributed by atoms with E-state index in [-0.39, 0.29) is 30.7 Å². The fourth-order valence-electron chi connectivity index (χ4n) is 5.97. The van der Waals surface area contributed by atoms with Gasteiger partial charge in [0.1, 0.15) is 18.5 Å². The smallest absolute Gasteiger partial charge is 0.259 e. The average Bonchev–Trinajstić information content (AvgIpc) is 3.54. The summed E-state index contributed by atoms with van der Waals surface area (Å²) in [7, 11) is 0. The molecule has 214 valence electrons. The predicted molar refractivity (Wildman–Crippen MR) is 163 cm³/mol. The van der Waals surface area contributed by atoms with Crippen molar-refractivity contribution in [1.82, 2.24) is 14.8 Å². The van der Waals surface area contributed by atoms with Gasteiger partial charge in [0.2, 0.25) is 0 Å². The largest absolute Gasteiger partial charge is 0.490 e. The molecule has 10 heteroatoms. The number of amides is 1. The van der Waals surface area contributed by atoms with E-state index in [2.05, 4.69) is 44.1 Å². The van der Waals surface area contributed by atoms with Gasteiger partial charge >= 0.3 is 0 Å². The fourth-order valence-corrected chi connectivity index (χ4v) is 6.37. The van der Waals surface area contributed by atoms with E-state index < -0.39 is 6.10 Å². The molecule has 0 saturated carbocycles. The van der Waals surface area contributed by atoms with Crippen LogP contribution in [0.5, 0.6) is 5.75 Å². The molecule has 4 heterocycles. The van der Waals surface area contributed by atoms with Gasteiger partial charge in [0, 0.05) is 50.4 Å². The number of halogens is 1. The number of carbonyl (C=O) groups excluding carboxylic acids is 1. The molecule has 0 spiro atoms. The SMILES string of the molecule is CCN1CCC(N2Cc3cc4c(cc3C2=O)N=C(c2c(NC[C@@H](O)COc3ccccc3Br)cc[nH]c2=O)C4)CC1. The molecule has 3 N–H and O–H groups in total. The highest BCUT2D eigenvalue weighted by Gasteiger charge is 2.36. The number of nitrogens with zero attached hydrogens (tertiary/aromatic N) is 3. The molecule has 1 saturated heterocycles. The van der Waals surface area contributed by atoms with Crippen LogP contribution in [0.3, 0.4) is 0 Å². The molecule has 0 unspecified atom stereocenters. The summed E-state index contributed by atoms with van der Waals surface area (Å²) in [5.74, 6) is 0.733. The Bertz CT molecular complexity index is 1550. The van der Waals surface area contributed by atoms with E-state index in [1.54, 1.807) is 12.3 Å². The van der Waals surface area contributed by atoms with Crippen molar-refractivity contribution in [3.05, 3.63) is 85.7 Å². The number of rotatable bonds is 9. The van der Waals surface area contributed by atoms with Gasteiger partial charge in [0.15, 0.2) is 0 Å². The molecule has 3 aliphatic rings. The second-order valence-corrected chi connectivity index (χ2v) is 11.7. The highest BCUT2D eigenvalue weighted by atomic mass is 79.9. The van der Waals surface area contributed by atoms with E-state index in [9.17, 15) is 14.7 Å². The zero-order valence-electron chi connectivity index (χ0n) is 23.0. The van der Waals surface area contributed by atoms with Gasteiger partial charge in [-0.2, -0.15) is 0 Å². The summed E-state index contributed by atoms with van der Waals surface area (Å²) in [6.45, 7) is 6.21. The van der Waals surface area contributed by atoms with Crippen molar-refractivity contribution in [1.29, 1.82) is 0 Å². The molecule has 41 heavy (non-hydrogen) atoms. The number of aliphatic imine (C=N–C) groups is 1. The lowest BCUT2D eigenvalue weighted by molar-refractivity contribution is 0.0602. The number of aromatic amines is 1. The van der Waals surface area contributed by atoms with E-state index in [1.165, 1.54) is 0 Å². The molecule has 3 aliphatic heterocycles. The molecular weight excluding hydrogens is 586 g/mol. The van der Waals surface area contributed by atoms with E-state index in [0.717, 1.165) is 59.3 Å². The van der Waals surface area contributed by atoms with Gasteiger partial charge in [-0.1, -0.05) is 25.1 Å². The normalized spacial score (nSPS) is 17.8. The summed E-state index contributed by atoms with van der Waals surface area (Å²) in [6.07, 6.45) is 3.29. The lowest BCUT2D eigenvalue weighted by atomic mass is 10.00. The summed E-state index contributed by atoms with van der Waals surface area (Å²) in [6, 6.07) is 13.5. The number of aliphatic hydroxyl groups excluding tert-OH is 1. The number of aromatic nitrogens is 1. The Morgan fingerprint density at radius 2 is 1.98 bits per heavy atom. The number of nitrogens with one attached hydrogen (secondary N) is 2. The molecule has 2 aromatic carbocycles. The number of anilines is 1. The first kappa shape index (κ1) is 27.7. The van der Waals surface area contributed by atoms with Crippen molar-refractivity contribution >= 4 is 38.9 Å². The van der Waals surface area contributed by atoms with Crippen molar-refractivity contribution in [2.24, 2.45) is 4.99 Å². The topological polar surface area (TPSA) is 110 Å². The highest BCUT2D eigenvalue weighted by Crippen LogP contribution is 2.37. The van der Waals surface area contributed by atoms with Gasteiger partial charge in [-0.15, -0.1) is 0 Å². The second-order valence-electron chi connectivity index (χ2n) is 10.8. The maximum Gasteiger partial charge on any atom is 0.259 e. The van der Waals surface area contributed by atoms with E-state index in [0.29, 0.717) is 35.7 Å². The van der Waals surface area contributed by atoms with Gasteiger partial charge in [-0.3, -0.25) is 14.6 Å². The standard InChI is InChI=1S/C31H34BrN5O4/c1-2-36-11-8-21(9-12-36)37-17-20-13-19-14-27(35-26(19)15-23(20)31(37)40)29-25(7-10-33-30(29)39)34-16-22(38)18-41-28-6-4-3-5-24(28)32/h3-7,10,13,15,21-22,38H,2,8-9,11-12,14,16-18H2,1H3,(H2,33,34,39)/t22-/m1/s1. The third kappa shape index (κ3) is 5.68. The van der Waals surface area contributed by atoms with Crippen LogP contribution in [0.25, 0.3) is 0 Å². The molecule has 1 atom stereocenters. The molecule has 3 aromatic rings. The molecule has 1 amide bonds. The predicted octanol–water partition coefficient (Wildman–Crippen LogP) is 4.11. The van der Waals surface area contributed by atoms with Gasteiger partial charge in [0.05, 0.1) is 27.1 Å². The van der Waals surface area contributed by atoms with E-state index >= 15 is 0 Å². The number of aliphatic hydroxyl groups is 1. The number of ether oxygens (including phenoxy) is 1. The number of hydrogen-bond donors (Lipinski definition) is 3. The van der Waals surface area contributed by atoms with Crippen LogP contribution < -0.4 is 15.6 Å². The van der Waals surface area contributed by atoms with Crippen LogP contribution in [0.4, 0.5) is 11.4 Å². The monoisotopic (exact) mass is 619 g/mol. The Morgan fingerprint density at radius 1 is 1.17 bits per heavy atom. The van der Waals surface area contributed by atoms with Gasteiger partial charge in [0.25, 0.3) is 11.5 Å². The first-order valence-electron chi connectivity index (χ1n) is 14.2. The molecule has 0 aliphatic carbocycles. The lowest BCUT2D eigenvalue weighted by Gasteiger charge is -2.36. The van der Waals surface area contributed by atoms with Crippen LogP contribution in [0.1, 0.15) is 46.8 Å². The number of carbonyl (C=O) groups is 1. The summed E-state index contributed by atoms with van der Waals surface area (Å²) >= 11 is 3.44. The van der Waals surface area contributed by atoms with Crippen molar-refractivity contribution in [3.63, 3.8) is 0 Å². The third-order valence-corrected chi connectivity index (χ3v) is 8.90. The minimum Gasteiger partial charge on any atom is -0.490 e. The van der Waals surface area contributed by atoms with Gasteiger partial charge < -0.3 is 29.9 Å². The summed E-state index contributed by atoms with van der Waals surface area (Å²) in [5.41, 5.74) is 4.94. The minimum absolute atomic E-state index is 0.0834. The first-order chi connectivity index (χ1) is 19.9. The Kier molecular flexibility index (Phi) is 7.96. The highest BCUT2D eigenvalue weighted by molar-refractivity contribution is 9.10. The zero-order chi connectivity index (χ0) is 28.5. The number of piperidine rings is 1. The molecular formula is C31H34BrN5O4. The van der Waals surface area contributed by atoms with Gasteiger partial charge in [-0.05, 0) is 70.7 Å². The maximum atomic E-state index is 13.4. The van der Waals surface area contributed by atoms with Crippen LogP contribution in [-0.4, -0.2) is 76.4 Å². The number of fused-ring (bicyclic) bond motifs is 2. The van der Waals surface area contributed by atoms with Crippen LogP contribution in [-0.2, 0) is 13.0 Å². The number of H-pyrrole nitrogens is 1. The van der Waals surface area contributed by atoms with Crippen molar-refractivity contribution in [2.75, 3.05) is 38.1 Å². The Hall–Kier alpha value is -3.47. The van der Waals surface area contributed by atoms with Crippen LogP contribution in [0.15, 0.2) is 62.9 Å². The Labute approximate surface area is 247 Å². The Morgan fingerprint density at radius 3 is 2.76 bits per heavy atom. The number of para-hydroxylation sites is 1. The maximum absolute atomic E-state index is 13.4. The third-order valence-electron chi connectivity index (χ3n) is 8.24. The fraction of sp³-hybridized carbons (Fsp3) is 0.387. The van der Waals surface area contributed by atoms with Crippen LogP contribution in [0.2, 0.25) is 0 Å².